The molecule has 2 fully saturated rings. The molecule has 152 valence electrons. The molecule has 0 bridgehead atoms. The Labute approximate surface area is 167 Å². The second kappa shape index (κ2) is 7.65. The van der Waals surface area contributed by atoms with Crippen LogP contribution in [0.15, 0.2) is 34.9 Å². The molecule has 1 aromatic carbocycles. The number of carbonyl (C=O) groups excluding carboxylic acids is 3. The third kappa shape index (κ3) is 3.59. The number of ether oxygens (including phenoxy) is 1. The quantitative estimate of drug-likeness (QED) is 0.607. The minimum atomic E-state index is -0.896. The molecule has 1 saturated carbocycles. The molecule has 4 rings (SSSR count). The summed E-state index contributed by atoms with van der Waals surface area (Å²) in [5, 5.41) is 6.66. The lowest BCUT2D eigenvalue weighted by molar-refractivity contribution is -0.150. The summed E-state index contributed by atoms with van der Waals surface area (Å²) in [6.45, 7) is 1.28. The molecule has 3 amide bonds. The van der Waals surface area contributed by atoms with Crippen molar-refractivity contribution in [2.24, 2.45) is 5.92 Å². The van der Waals surface area contributed by atoms with Crippen molar-refractivity contribution >= 4 is 17.9 Å². The molecule has 1 aliphatic heterocycles. The van der Waals surface area contributed by atoms with Gasteiger partial charge in [0.1, 0.15) is 12.1 Å². The number of hydrogen-bond acceptors (Lipinski definition) is 7. The highest BCUT2D eigenvalue weighted by Gasteiger charge is 2.55. The maximum Gasteiger partial charge on any atom is 0.326 e. The minimum absolute atomic E-state index is 0.0310. The number of hydrogen-bond donors (Lipinski definition) is 1. The van der Waals surface area contributed by atoms with Gasteiger partial charge in [0.25, 0.3) is 11.8 Å². The maximum atomic E-state index is 12.9. The maximum absolute atomic E-state index is 12.9. The van der Waals surface area contributed by atoms with Crippen LogP contribution in [-0.4, -0.2) is 45.0 Å². The number of urea groups is 1. The lowest BCUT2D eigenvalue weighted by Crippen LogP contribution is -2.54. The van der Waals surface area contributed by atoms with E-state index < -0.39 is 24.1 Å². The smallest absolute Gasteiger partial charge is 0.326 e. The first-order chi connectivity index (χ1) is 14.0. The molecule has 29 heavy (non-hydrogen) atoms. The molecule has 2 heterocycles. The number of rotatable bonds is 5. The summed E-state index contributed by atoms with van der Waals surface area (Å²) in [5.41, 5.74) is -0.118. The number of benzene rings is 1. The van der Waals surface area contributed by atoms with Crippen LogP contribution in [0.5, 0.6) is 0 Å². The zero-order valence-electron chi connectivity index (χ0n) is 16.1. The fourth-order valence-electron chi connectivity index (χ4n) is 3.97. The van der Waals surface area contributed by atoms with Crippen molar-refractivity contribution in [2.75, 3.05) is 6.54 Å². The highest BCUT2D eigenvalue weighted by atomic mass is 16.6. The summed E-state index contributed by atoms with van der Waals surface area (Å²) in [4.78, 5) is 42.5. The number of esters is 1. The van der Waals surface area contributed by atoms with E-state index >= 15 is 0 Å². The molecule has 2 atom stereocenters. The molecule has 9 nitrogen and oxygen atoms in total. The van der Waals surface area contributed by atoms with Gasteiger partial charge in [0.2, 0.25) is 5.82 Å². The fourth-order valence-corrected chi connectivity index (χ4v) is 3.97. The number of nitrogens with zero attached hydrogens (tertiary/aromatic N) is 3. The molecule has 1 saturated heterocycles. The van der Waals surface area contributed by atoms with E-state index in [2.05, 4.69) is 15.5 Å². The van der Waals surface area contributed by atoms with Gasteiger partial charge in [-0.05, 0) is 18.8 Å². The second-order valence-electron chi connectivity index (χ2n) is 7.48. The lowest BCUT2D eigenvalue weighted by Gasteiger charge is -2.36. The lowest BCUT2D eigenvalue weighted by atomic mass is 9.73. The van der Waals surface area contributed by atoms with Crippen LogP contribution in [-0.2, 0) is 20.9 Å². The summed E-state index contributed by atoms with van der Waals surface area (Å²) in [7, 11) is 0. The van der Waals surface area contributed by atoms with Crippen LogP contribution in [0.4, 0.5) is 4.79 Å². The number of carbonyl (C=O) groups is 3. The molecule has 1 aliphatic carbocycles. The minimum Gasteiger partial charge on any atom is -0.454 e. The predicted molar refractivity (Wildman–Crippen MR) is 100 cm³/mol. The molecule has 2 aromatic rings. The van der Waals surface area contributed by atoms with E-state index in [1.165, 1.54) is 0 Å². The molecule has 1 spiro atoms. The zero-order valence-corrected chi connectivity index (χ0v) is 16.1. The third-order valence-electron chi connectivity index (χ3n) is 5.65. The van der Waals surface area contributed by atoms with Crippen LogP contribution in [0.25, 0.3) is 11.4 Å². The van der Waals surface area contributed by atoms with Gasteiger partial charge in [-0.1, -0.05) is 55.3 Å². The summed E-state index contributed by atoms with van der Waals surface area (Å²) in [6.07, 6.45) is 3.36. The van der Waals surface area contributed by atoms with Gasteiger partial charge in [-0.25, -0.2) is 4.79 Å². The summed E-state index contributed by atoms with van der Waals surface area (Å²) >= 11 is 0. The van der Waals surface area contributed by atoms with E-state index in [0.717, 1.165) is 29.7 Å². The molecule has 1 N–H and O–H groups in total. The van der Waals surface area contributed by atoms with Gasteiger partial charge in [0.05, 0.1) is 0 Å². The Morgan fingerprint density at radius 2 is 2.10 bits per heavy atom. The van der Waals surface area contributed by atoms with Crippen molar-refractivity contribution in [3.63, 3.8) is 0 Å². The average Bonchev–Trinajstić information content (AvgIpc) is 3.29. The fraction of sp³-hybridized carbons (Fsp3) is 0.450. The van der Waals surface area contributed by atoms with Gasteiger partial charge in [-0.15, -0.1) is 0 Å². The second-order valence-corrected chi connectivity index (χ2v) is 7.48. The van der Waals surface area contributed by atoms with E-state index in [0.29, 0.717) is 12.2 Å². The first-order valence-corrected chi connectivity index (χ1v) is 9.67. The molecule has 2 aliphatic rings. The van der Waals surface area contributed by atoms with E-state index in [9.17, 15) is 14.4 Å². The first kappa shape index (κ1) is 19.1. The van der Waals surface area contributed by atoms with Crippen LogP contribution in [0.3, 0.4) is 0 Å². The van der Waals surface area contributed by atoms with Gasteiger partial charge < -0.3 is 14.6 Å². The topological polar surface area (TPSA) is 115 Å². The van der Waals surface area contributed by atoms with Crippen molar-refractivity contribution in [3.05, 3.63) is 36.2 Å². The van der Waals surface area contributed by atoms with Gasteiger partial charge in [0.15, 0.2) is 6.61 Å². The average molecular weight is 398 g/mol. The van der Waals surface area contributed by atoms with Crippen LogP contribution < -0.4 is 5.32 Å². The van der Waals surface area contributed by atoms with Gasteiger partial charge in [0, 0.05) is 5.56 Å². The zero-order chi connectivity index (χ0) is 20.4. The Morgan fingerprint density at radius 1 is 1.31 bits per heavy atom. The van der Waals surface area contributed by atoms with Gasteiger partial charge in [-0.3, -0.25) is 14.5 Å². The van der Waals surface area contributed by atoms with Crippen LogP contribution in [0.1, 0.15) is 38.5 Å². The van der Waals surface area contributed by atoms with Crippen molar-refractivity contribution < 1.29 is 23.6 Å². The molecular formula is C20H22N4O5. The van der Waals surface area contributed by atoms with E-state index in [1.54, 1.807) is 0 Å². The summed E-state index contributed by atoms with van der Waals surface area (Å²) < 4.78 is 10.2. The van der Waals surface area contributed by atoms with Crippen molar-refractivity contribution in [1.29, 1.82) is 0 Å². The van der Waals surface area contributed by atoms with Crippen molar-refractivity contribution in [3.8, 4) is 11.4 Å². The van der Waals surface area contributed by atoms with E-state index in [-0.39, 0.29) is 24.3 Å². The van der Waals surface area contributed by atoms with Crippen molar-refractivity contribution in [1.82, 2.24) is 20.4 Å². The number of amides is 3. The highest BCUT2D eigenvalue weighted by molar-refractivity contribution is 6.08. The number of nitrogens with one attached hydrogen (secondary N) is 1. The van der Waals surface area contributed by atoms with Crippen LogP contribution in [0, 0.1) is 5.92 Å². The Balaban J connectivity index is 1.35. The number of aromatic nitrogens is 2. The predicted octanol–water partition coefficient (Wildman–Crippen LogP) is 2.28. The van der Waals surface area contributed by atoms with Gasteiger partial charge in [-0.2, -0.15) is 4.98 Å². The monoisotopic (exact) mass is 398 g/mol. The molecular weight excluding hydrogens is 376 g/mol. The molecule has 0 radical (unpaired) electrons. The van der Waals surface area contributed by atoms with Crippen LogP contribution >= 0.6 is 0 Å². The standard InChI is InChI=1S/C20H22N4O5/c1-13-7-5-6-10-20(13)18(26)24(19(27)22-20)11-16(25)28-12-15-21-17(23-29-15)14-8-3-2-4-9-14/h2-4,8-9,13H,5-7,10-12H2,1H3,(H,22,27)/t13-,20-/m1/s1. The van der Waals surface area contributed by atoms with Gasteiger partial charge >= 0.3 is 12.0 Å². The normalized spacial score (nSPS) is 24.0. The van der Waals surface area contributed by atoms with Crippen LogP contribution in [0.2, 0.25) is 0 Å². The molecule has 0 unspecified atom stereocenters. The first-order valence-electron chi connectivity index (χ1n) is 9.67. The summed E-state index contributed by atoms with van der Waals surface area (Å²) in [6, 6.07) is 8.69. The van der Waals surface area contributed by atoms with E-state index in [1.807, 2.05) is 37.3 Å². The molecule has 9 heteroatoms. The summed E-state index contributed by atoms with van der Waals surface area (Å²) in [5.74, 6) is -0.515. The highest BCUT2D eigenvalue weighted by Crippen LogP contribution is 2.38. The SMILES string of the molecule is C[C@@H]1CCCC[C@@]12NC(=O)N(CC(=O)OCc1nc(-c3ccccc3)no1)C2=O. The Kier molecular flexibility index (Phi) is 5.04. The van der Waals surface area contributed by atoms with Crippen molar-refractivity contribution in [2.45, 2.75) is 44.8 Å². The Hall–Kier alpha value is -3.23. The Bertz CT molecular complexity index is 928. The molecule has 1 aromatic heterocycles. The van der Waals surface area contributed by atoms with E-state index in [4.69, 9.17) is 9.26 Å². The number of imide groups is 1. The Morgan fingerprint density at radius 3 is 2.86 bits per heavy atom. The largest absolute Gasteiger partial charge is 0.454 e. The third-order valence-corrected chi connectivity index (χ3v) is 5.65.